The molecule has 1 heterocycles. The second-order valence-electron chi connectivity index (χ2n) is 3.96. The number of fused-ring (bicyclic) bond motifs is 1. The van der Waals surface area contributed by atoms with Gasteiger partial charge in [0, 0.05) is 14.9 Å². The van der Waals surface area contributed by atoms with E-state index in [9.17, 15) is 4.79 Å². The van der Waals surface area contributed by atoms with Crippen LogP contribution in [0.25, 0.3) is 11.0 Å². The lowest BCUT2D eigenvalue weighted by Crippen LogP contribution is -1.85. The van der Waals surface area contributed by atoms with E-state index in [2.05, 4.69) is 25.9 Å². The molecule has 0 aliphatic carbocycles. The summed E-state index contributed by atoms with van der Waals surface area (Å²) in [6.07, 6.45) is 0.859. The number of para-hydroxylation sites is 2. The number of carbonyl (C=O) groups excluding carboxylic acids is 1. The first-order valence-corrected chi connectivity index (χ1v) is 7.24. The number of benzene rings is 2. The summed E-state index contributed by atoms with van der Waals surface area (Å²) in [6.45, 7) is 0. The molecular weight excluding hydrogens is 324 g/mol. The van der Waals surface area contributed by atoms with E-state index >= 15 is 0 Å². The van der Waals surface area contributed by atoms with Crippen LogP contribution >= 0.6 is 27.7 Å². The third-order valence-electron chi connectivity index (χ3n) is 2.68. The number of nitrogens with zero attached hydrogens (tertiary/aromatic N) is 1. The molecule has 0 saturated carbocycles. The summed E-state index contributed by atoms with van der Waals surface area (Å²) in [5.41, 5.74) is 2.58. The Morgan fingerprint density at radius 3 is 2.84 bits per heavy atom. The van der Waals surface area contributed by atoms with Crippen LogP contribution in [0.4, 0.5) is 0 Å². The fourth-order valence-electron chi connectivity index (χ4n) is 1.78. The van der Waals surface area contributed by atoms with Gasteiger partial charge in [0.25, 0.3) is 0 Å². The van der Waals surface area contributed by atoms with Crippen LogP contribution in [0.3, 0.4) is 0 Å². The van der Waals surface area contributed by atoms with Gasteiger partial charge in [-0.05, 0) is 30.3 Å². The highest BCUT2D eigenvalue weighted by molar-refractivity contribution is 9.10. The molecule has 0 atom stereocenters. The molecular formula is C14H9BrN2OS. The number of nitrogens with one attached hydrogen (secondary N) is 1. The summed E-state index contributed by atoms with van der Waals surface area (Å²) in [6, 6.07) is 13.4. The number of imidazole rings is 1. The van der Waals surface area contributed by atoms with E-state index in [1.54, 1.807) is 6.07 Å². The van der Waals surface area contributed by atoms with Gasteiger partial charge in [0.2, 0.25) is 0 Å². The predicted octanol–water partition coefficient (Wildman–Crippen LogP) is 4.29. The van der Waals surface area contributed by atoms with Gasteiger partial charge in [0.05, 0.1) is 11.0 Å². The Morgan fingerprint density at radius 2 is 2.05 bits per heavy atom. The van der Waals surface area contributed by atoms with E-state index in [0.29, 0.717) is 5.56 Å². The predicted molar refractivity (Wildman–Crippen MR) is 79.7 cm³/mol. The molecule has 0 radical (unpaired) electrons. The number of aromatic nitrogens is 2. The second kappa shape index (κ2) is 5.19. The third-order valence-corrected chi connectivity index (χ3v) is 4.13. The second-order valence-corrected chi connectivity index (χ2v) is 5.91. The van der Waals surface area contributed by atoms with Crippen molar-refractivity contribution in [3.05, 3.63) is 52.5 Å². The van der Waals surface area contributed by atoms with Crippen molar-refractivity contribution < 1.29 is 4.79 Å². The maximum atomic E-state index is 11.0. The number of carbonyl (C=O) groups is 1. The van der Waals surface area contributed by atoms with Crippen molar-refractivity contribution in [3.8, 4) is 0 Å². The summed E-state index contributed by atoms with van der Waals surface area (Å²) in [5, 5.41) is 0.780. The van der Waals surface area contributed by atoms with Crippen LogP contribution in [0.5, 0.6) is 0 Å². The molecule has 5 heteroatoms. The molecule has 19 heavy (non-hydrogen) atoms. The van der Waals surface area contributed by atoms with Crippen molar-refractivity contribution in [1.82, 2.24) is 9.97 Å². The zero-order chi connectivity index (χ0) is 13.2. The SMILES string of the molecule is O=Cc1ccc(Br)cc1Sc1nc2ccccc2[nH]1. The first-order valence-electron chi connectivity index (χ1n) is 5.63. The Bertz CT molecular complexity index is 721. The normalized spacial score (nSPS) is 10.8. The number of H-pyrrole nitrogens is 1. The molecule has 0 unspecified atom stereocenters. The van der Waals surface area contributed by atoms with E-state index < -0.39 is 0 Å². The van der Waals surface area contributed by atoms with Crippen molar-refractivity contribution in [1.29, 1.82) is 0 Å². The van der Waals surface area contributed by atoms with E-state index in [1.165, 1.54) is 11.8 Å². The van der Waals surface area contributed by atoms with Crippen LogP contribution in [0.1, 0.15) is 10.4 Å². The van der Waals surface area contributed by atoms with Crippen LogP contribution in [-0.2, 0) is 0 Å². The van der Waals surface area contributed by atoms with Crippen molar-refractivity contribution in [3.63, 3.8) is 0 Å². The summed E-state index contributed by atoms with van der Waals surface area (Å²) in [7, 11) is 0. The van der Waals surface area contributed by atoms with Gasteiger partial charge in [-0.3, -0.25) is 4.79 Å². The lowest BCUT2D eigenvalue weighted by molar-refractivity contribution is 0.112. The van der Waals surface area contributed by atoms with Crippen LogP contribution < -0.4 is 0 Å². The van der Waals surface area contributed by atoms with Crippen molar-refractivity contribution in [2.75, 3.05) is 0 Å². The molecule has 3 aromatic rings. The minimum atomic E-state index is 0.661. The quantitative estimate of drug-likeness (QED) is 0.728. The van der Waals surface area contributed by atoms with Crippen molar-refractivity contribution >= 4 is 45.0 Å². The van der Waals surface area contributed by atoms with Crippen molar-refractivity contribution in [2.45, 2.75) is 10.1 Å². The van der Waals surface area contributed by atoms with Crippen LogP contribution in [-0.4, -0.2) is 16.3 Å². The lowest BCUT2D eigenvalue weighted by Gasteiger charge is -2.02. The van der Waals surface area contributed by atoms with Gasteiger partial charge in [-0.2, -0.15) is 0 Å². The standard InChI is InChI=1S/C14H9BrN2OS/c15-10-6-5-9(8-18)13(7-10)19-14-16-11-3-1-2-4-12(11)17-14/h1-8H,(H,16,17). The van der Waals surface area contributed by atoms with Crippen LogP contribution in [0, 0.1) is 0 Å². The van der Waals surface area contributed by atoms with Gasteiger partial charge in [-0.1, -0.05) is 39.8 Å². The van der Waals surface area contributed by atoms with Gasteiger partial charge in [0.15, 0.2) is 11.4 Å². The fraction of sp³-hybridized carbons (Fsp3) is 0. The van der Waals surface area contributed by atoms with E-state index in [0.717, 1.165) is 31.8 Å². The van der Waals surface area contributed by atoms with E-state index in [4.69, 9.17) is 0 Å². The summed E-state index contributed by atoms with van der Waals surface area (Å²) >= 11 is 4.86. The lowest BCUT2D eigenvalue weighted by atomic mass is 10.2. The molecule has 2 aromatic carbocycles. The number of hydrogen-bond donors (Lipinski definition) is 1. The monoisotopic (exact) mass is 332 g/mol. The Labute approximate surface area is 122 Å². The fourth-order valence-corrected chi connectivity index (χ4v) is 3.22. The molecule has 0 saturated heterocycles. The molecule has 3 nitrogen and oxygen atoms in total. The number of rotatable bonds is 3. The summed E-state index contributed by atoms with van der Waals surface area (Å²) < 4.78 is 0.941. The van der Waals surface area contributed by atoms with Gasteiger partial charge < -0.3 is 4.98 Å². The van der Waals surface area contributed by atoms with Crippen molar-refractivity contribution in [2.24, 2.45) is 0 Å². The van der Waals surface area contributed by atoms with E-state index in [1.807, 2.05) is 36.4 Å². The Kier molecular flexibility index (Phi) is 3.40. The smallest absolute Gasteiger partial charge is 0.171 e. The Hall–Kier alpha value is -1.59. The highest BCUT2D eigenvalue weighted by atomic mass is 79.9. The van der Waals surface area contributed by atoms with Gasteiger partial charge in [-0.25, -0.2) is 4.98 Å². The average molecular weight is 333 g/mol. The first kappa shape index (κ1) is 12.4. The van der Waals surface area contributed by atoms with Crippen LogP contribution in [0.2, 0.25) is 0 Å². The maximum Gasteiger partial charge on any atom is 0.171 e. The molecule has 0 aliphatic heterocycles. The number of aromatic amines is 1. The molecule has 94 valence electrons. The number of hydrogen-bond acceptors (Lipinski definition) is 3. The summed E-state index contributed by atoms with van der Waals surface area (Å²) in [4.78, 5) is 19.6. The highest BCUT2D eigenvalue weighted by Gasteiger charge is 2.08. The topological polar surface area (TPSA) is 45.8 Å². The minimum Gasteiger partial charge on any atom is -0.333 e. The zero-order valence-electron chi connectivity index (χ0n) is 9.76. The molecule has 0 bridgehead atoms. The molecule has 1 aromatic heterocycles. The van der Waals surface area contributed by atoms with Gasteiger partial charge in [0.1, 0.15) is 0 Å². The number of halogens is 1. The largest absolute Gasteiger partial charge is 0.333 e. The molecule has 0 amide bonds. The first-order chi connectivity index (χ1) is 9.26. The molecule has 3 rings (SSSR count). The molecule has 1 N–H and O–H groups in total. The average Bonchev–Trinajstić information content (AvgIpc) is 2.81. The Balaban J connectivity index is 2.00. The Morgan fingerprint density at radius 1 is 1.21 bits per heavy atom. The van der Waals surface area contributed by atoms with Crippen LogP contribution in [0.15, 0.2) is 57.0 Å². The van der Waals surface area contributed by atoms with Gasteiger partial charge in [-0.15, -0.1) is 0 Å². The molecule has 0 aliphatic rings. The highest BCUT2D eigenvalue weighted by Crippen LogP contribution is 2.31. The summed E-state index contributed by atoms with van der Waals surface area (Å²) in [5.74, 6) is 0. The zero-order valence-corrected chi connectivity index (χ0v) is 12.2. The minimum absolute atomic E-state index is 0.661. The molecule has 0 fully saturated rings. The third kappa shape index (κ3) is 2.57. The van der Waals surface area contributed by atoms with Gasteiger partial charge >= 0.3 is 0 Å². The molecule has 0 spiro atoms. The maximum absolute atomic E-state index is 11.0. The van der Waals surface area contributed by atoms with E-state index in [-0.39, 0.29) is 0 Å². The number of aldehydes is 1.